The molecule has 0 aliphatic carbocycles. The maximum absolute atomic E-state index is 12.0. The molecule has 0 radical (unpaired) electrons. The third-order valence-corrected chi connectivity index (χ3v) is 3.72. The second kappa shape index (κ2) is 6.98. The van der Waals surface area contributed by atoms with Crippen LogP contribution in [0, 0.1) is 5.92 Å². The van der Waals surface area contributed by atoms with Crippen molar-refractivity contribution < 1.29 is 9.21 Å². The lowest BCUT2D eigenvalue weighted by Gasteiger charge is -2.26. The smallest absolute Gasteiger partial charge is 0.287 e. The van der Waals surface area contributed by atoms with Crippen LogP contribution in [-0.4, -0.2) is 25.5 Å². The minimum Gasteiger partial charge on any atom is -0.451 e. The molecule has 0 saturated carbocycles. The van der Waals surface area contributed by atoms with E-state index < -0.39 is 0 Å². The van der Waals surface area contributed by atoms with Crippen molar-refractivity contribution in [1.29, 1.82) is 0 Å². The summed E-state index contributed by atoms with van der Waals surface area (Å²) in [5.74, 6) is 1.26. The minimum absolute atomic E-state index is 0. The van der Waals surface area contributed by atoms with Gasteiger partial charge in [0, 0.05) is 31.1 Å². The SMILES string of the molecule is Cl.O=C(NCC1CNC1)c1ccc(-c2ccccc2Cl)o1. The molecule has 1 fully saturated rings. The molecule has 112 valence electrons. The van der Waals surface area contributed by atoms with E-state index in [1.165, 1.54) is 0 Å². The van der Waals surface area contributed by atoms with Crippen LogP contribution in [-0.2, 0) is 0 Å². The molecule has 1 aliphatic rings. The van der Waals surface area contributed by atoms with Crippen LogP contribution in [0.5, 0.6) is 0 Å². The third-order valence-electron chi connectivity index (χ3n) is 3.39. The zero-order valence-electron chi connectivity index (χ0n) is 11.3. The number of furan rings is 1. The van der Waals surface area contributed by atoms with Gasteiger partial charge in [0.1, 0.15) is 5.76 Å². The van der Waals surface area contributed by atoms with Crippen molar-refractivity contribution >= 4 is 29.9 Å². The monoisotopic (exact) mass is 326 g/mol. The Bertz CT molecular complexity index is 624. The molecule has 4 nitrogen and oxygen atoms in total. The fourth-order valence-electron chi connectivity index (χ4n) is 2.08. The van der Waals surface area contributed by atoms with Gasteiger partial charge >= 0.3 is 0 Å². The summed E-state index contributed by atoms with van der Waals surface area (Å²) in [4.78, 5) is 12.0. The van der Waals surface area contributed by atoms with Gasteiger partial charge in [-0.25, -0.2) is 0 Å². The van der Waals surface area contributed by atoms with Crippen LogP contribution in [0.15, 0.2) is 40.8 Å². The molecular formula is C15H16Cl2N2O2. The second-order valence-corrected chi connectivity index (χ2v) is 5.29. The van der Waals surface area contributed by atoms with E-state index >= 15 is 0 Å². The van der Waals surface area contributed by atoms with Gasteiger partial charge in [0.05, 0.1) is 5.02 Å². The lowest BCUT2D eigenvalue weighted by molar-refractivity contribution is 0.0915. The lowest BCUT2D eigenvalue weighted by atomic mass is 10.0. The van der Waals surface area contributed by atoms with Gasteiger partial charge in [-0.05, 0) is 24.3 Å². The molecule has 2 heterocycles. The number of halogens is 2. The Morgan fingerprint density at radius 2 is 2.05 bits per heavy atom. The van der Waals surface area contributed by atoms with Crippen molar-refractivity contribution in [1.82, 2.24) is 10.6 Å². The molecular weight excluding hydrogens is 311 g/mol. The second-order valence-electron chi connectivity index (χ2n) is 4.88. The van der Waals surface area contributed by atoms with Crippen molar-refractivity contribution in [2.75, 3.05) is 19.6 Å². The highest BCUT2D eigenvalue weighted by molar-refractivity contribution is 6.33. The van der Waals surface area contributed by atoms with E-state index in [2.05, 4.69) is 10.6 Å². The molecule has 2 aromatic rings. The summed E-state index contributed by atoms with van der Waals surface area (Å²) in [7, 11) is 0. The minimum atomic E-state index is -0.185. The number of nitrogens with one attached hydrogen (secondary N) is 2. The standard InChI is InChI=1S/C15H15ClN2O2.ClH/c16-12-4-2-1-3-11(12)13-5-6-14(20-13)15(19)18-9-10-7-17-8-10;/h1-6,10,17H,7-9H2,(H,18,19);1H. The van der Waals surface area contributed by atoms with Crippen LogP contribution in [0.3, 0.4) is 0 Å². The van der Waals surface area contributed by atoms with Crippen molar-refractivity contribution in [2.45, 2.75) is 0 Å². The van der Waals surface area contributed by atoms with Crippen molar-refractivity contribution in [3.05, 3.63) is 47.2 Å². The van der Waals surface area contributed by atoms with Crippen LogP contribution >= 0.6 is 24.0 Å². The van der Waals surface area contributed by atoms with Gasteiger partial charge < -0.3 is 15.1 Å². The molecule has 1 aromatic heterocycles. The lowest BCUT2D eigenvalue weighted by Crippen LogP contribution is -2.48. The fraction of sp³-hybridized carbons (Fsp3) is 0.267. The van der Waals surface area contributed by atoms with Crippen molar-refractivity contribution in [2.24, 2.45) is 5.92 Å². The quantitative estimate of drug-likeness (QED) is 0.908. The Kier molecular flexibility index (Phi) is 5.28. The Morgan fingerprint density at radius 1 is 1.29 bits per heavy atom. The summed E-state index contributed by atoms with van der Waals surface area (Å²) < 4.78 is 5.58. The third kappa shape index (κ3) is 3.59. The number of rotatable bonds is 4. The Morgan fingerprint density at radius 3 is 2.71 bits per heavy atom. The summed E-state index contributed by atoms with van der Waals surface area (Å²) in [6.07, 6.45) is 0. The van der Waals surface area contributed by atoms with Crippen LogP contribution in [0.1, 0.15) is 10.6 Å². The molecule has 1 amide bonds. The number of benzene rings is 1. The maximum Gasteiger partial charge on any atom is 0.287 e. The zero-order valence-corrected chi connectivity index (χ0v) is 12.8. The highest BCUT2D eigenvalue weighted by Gasteiger charge is 2.19. The van der Waals surface area contributed by atoms with Crippen LogP contribution < -0.4 is 10.6 Å². The summed E-state index contributed by atoms with van der Waals surface area (Å²) in [6, 6.07) is 10.8. The molecule has 1 aromatic carbocycles. The molecule has 0 bridgehead atoms. The molecule has 21 heavy (non-hydrogen) atoms. The first kappa shape index (κ1) is 15.9. The highest BCUT2D eigenvalue weighted by atomic mass is 35.5. The average Bonchev–Trinajstić information content (AvgIpc) is 2.87. The molecule has 0 unspecified atom stereocenters. The van der Waals surface area contributed by atoms with Gasteiger partial charge in [-0.3, -0.25) is 4.79 Å². The van der Waals surface area contributed by atoms with Gasteiger partial charge in [-0.15, -0.1) is 12.4 Å². The van der Waals surface area contributed by atoms with Crippen LogP contribution in [0.4, 0.5) is 0 Å². The topological polar surface area (TPSA) is 54.3 Å². The van der Waals surface area contributed by atoms with Crippen LogP contribution in [0.2, 0.25) is 5.02 Å². The predicted octanol–water partition coefficient (Wildman–Crippen LogP) is 2.97. The molecule has 1 aliphatic heterocycles. The predicted molar refractivity (Wildman–Crippen MR) is 85.1 cm³/mol. The first-order valence-corrected chi connectivity index (χ1v) is 6.95. The number of hydrogen-bond acceptors (Lipinski definition) is 3. The summed E-state index contributed by atoms with van der Waals surface area (Å²) in [6.45, 7) is 2.60. The molecule has 2 N–H and O–H groups in total. The van der Waals surface area contributed by atoms with E-state index in [4.69, 9.17) is 16.0 Å². The van der Waals surface area contributed by atoms with Gasteiger partial charge in [-0.1, -0.05) is 23.7 Å². The first-order chi connectivity index (χ1) is 9.74. The molecule has 0 atom stereocenters. The Balaban J connectivity index is 0.00000161. The van der Waals surface area contributed by atoms with E-state index in [0.29, 0.717) is 29.0 Å². The highest BCUT2D eigenvalue weighted by Crippen LogP contribution is 2.28. The number of hydrogen-bond donors (Lipinski definition) is 2. The molecule has 1 saturated heterocycles. The summed E-state index contributed by atoms with van der Waals surface area (Å²) >= 11 is 6.11. The van der Waals surface area contributed by atoms with Gasteiger partial charge in [0.25, 0.3) is 5.91 Å². The number of carbonyl (C=O) groups excluding carboxylic acids is 1. The van der Waals surface area contributed by atoms with Gasteiger partial charge in [0.15, 0.2) is 5.76 Å². The zero-order chi connectivity index (χ0) is 13.9. The van der Waals surface area contributed by atoms with E-state index in [1.807, 2.05) is 18.2 Å². The Hall–Kier alpha value is -1.49. The maximum atomic E-state index is 12.0. The fourth-order valence-corrected chi connectivity index (χ4v) is 2.31. The molecule has 3 rings (SSSR count). The van der Waals surface area contributed by atoms with E-state index in [1.54, 1.807) is 18.2 Å². The van der Waals surface area contributed by atoms with E-state index in [9.17, 15) is 4.79 Å². The van der Waals surface area contributed by atoms with Crippen molar-refractivity contribution in [3.8, 4) is 11.3 Å². The van der Waals surface area contributed by atoms with Gasteiger partial charge in [0.2, 0.25) is 0 Å². The number of amides is 1. The van der Waals surface area contributed by atoms with E-state index in [0.717, 1.165) is 18.7 Å². The van der Waals surface area contributed by atoms with Crippen LogP contribution in [0.25, 0.3) is 11.3 Å². The Labute approximate surface area is 134 Å². The molecule has 6 heteroatoms. The number of carbonyl (C=O) groups is 1. The van der Waals surface area contributed by atoms with Crippen molar-refractivity contribution in [3.63, 3.8) is 0 Å². The average molecular weight is 327 g/mol. The van der Waals surface area contributed by atoms with E-state index in [-0.39, 0.29) is 18.3 Å². The first-order valence-electron chi connectivity index (χ1n) is 6.57. The molecule has 0 spiro atoms. The summed E-state index contributed by atoms with van der Waals surface area (Å²) in [5, 5.41) is 6.65. The van der Waals surface area contributed by atoms with Gasteiger partial charge in [-0.2, -0.15) is 0 Å². The normalized spacial score (nSPS) is 14.1. The largest absolute Gasteiger partial charge is 0.451 e. The summed E-state index contributed by atoms with van der Waals surface area (Å²) in [5.41, 5.74) is 0.788.